The second-order valence-electron chi connectivity index (χ2n) is 3.49. The summed E-state index contributed by atoms with van der Waals surface area (Å²) in [6, 6.07) is 7.35. The number of aromatic carboxylic acids is 1. The van der Waals surface area contributed by atoms with Gasteiger partial charge in [0.1, 0.15) is 11.6 Å². The van der Waals surface area contributed by atoms with Gasteiger partial charge >= 0.3 is 5.97 Å². The van der Waals surface area contributed by atoms with Crippen LogP contribution in [0.5, 0.6) is 0 Å². The normalized spacial score (nSPS) is 10.1. The fourth-order valence-corrected chi connectivity index (χ4v) is 1.94. The van der Waals surface area contributed by atoms with E-state index in [0.29, 0.717) is 11.5 Å². The SMILES string of the molecule is O=C(O)c1ccc(Nc2ccc(F)cc2I)nc1. The molecule has 2 rings (SSSR count). The number of aromatic nitrogens is 1. The lowest BCUT2D eigenvalue weighted by atomic mass is 10.3. The van der Waals surface area contributed by atoms with E-state index < -0.39 is 5.97 Å². The Morgan fingerprint density at radius 2 is 2.11 bits per heavy atom. The maximum Gasteiger partial charge on any atom is 0.337 e. The number of hydrogen-bond acceptors (Lipinski definition) is 3. The molecule has 1 aromatic carbocycles. The van der Waals surface area contributed by atoms with Gasteiger partial charge in [0.25, 0.3) is 0 Å². The van der Waals surface area contributed by atoms with Crippen molar-refractivity contribution in [3.05, 3.63) is 51.5 Å². The van der Waals surface area contributed by atoms with E-state index >= 15 is 0 Å². The van der Waals surface area contributed by atoms with Crippen molar-refractivity contribution in [3.8, 4) is 0 Å². The Bertz CT molecular complexity index is 587. The fraction of sp³-hybridized carbons (Fsp3) is 0. The van der Waals surface area contributed by atoms with Crippen molar-refractivity contribution < 1.29 is 14.3 Å². The molecule has 92 valence electrons. The molecule has 2 N–H and O–H groups in total. The third kappa shape index (κ3) is 2.95. The van der Waals surface area contributed by atoms with Crippen molar-refractivity contribution in [2.45, 2.75) is 0 Å². The van der Waals surface area contributed by atoms with Crippen molar-refractivity contribution in [1.82, 2.24) is 4.98 Å². The molecule has 0 aliphatic carbocycles. The molecule has 0 aliphatic rings. The van der Waals surface area contributed by atoms with Crippen LogP contribution < -0.4 is 5.32 Å². The highest BCUT2D eigenvalue weighted by Crippen LogP contribution is 2.22. The molecule has 0 radical (unpaired) electrons. The van der Waals surface area contributed by atoms with Crippen LogP contribution in [0.25, 0.3) is 0 Å². The molecule has 18 heavy (non-hydrogen) atoms. The van der Waals surface area contributed by atoms with Gasteiger partial charge in [-0.1, -0.05) is 0 Å². The number of anilines is 2. The Morgan fingerprint density at radius 3 is 2.67 bits per heavy atom. The lowest BCUT2D eigenvalue weighted by Gasteiger charge is -2.07. The second-order valence-corrected chi connectivity index (χ2v) is 4.65. The number of carbonyl (C=O) groups is 1. The van der Waals surface area contributed by atoms with Crippen LogP contribution >= 0.6 is 22.6 Å². The van der Waals surface area contributed by atoms with Gasteiger partial charge in [-0.15, -0.1) is 0 Å². The predicted molar refractivity (Wildman–Crippen MR) is 73.6 cm³/mol. The van der Waals surface area contributed by atoms with E-state index in [1.165, 1.54) is 24.4 Å². The predicted octanol–water partition coefficient (Wildman–Crippen LogP) is 3.27. The summed E-state index contributed by atoms with van der Waals surface area (Å²) in [5.41, 5.74) is 0.835. The fourth-order valence-electron chi connectivity index (χ4n) is 1.32. The molecule has 2 aromatic rings. The molecule has 0 amide bonds. The zero-order valence-corrected chi connectivity index (χ0v) is 11.2. The average molecular weight is 358 g/mol. The average Bonchev–Trinajstić information content (AvgIpc) is 2.33. The third-order valence-corrected chi connectivity index (χ3v) is 3.10. The molecule has 0 saturated heterocycles. The van der Waals surface area contributed by atoms with E-state index in [0.717, 1.165) is 3.57 Å². The molecule has 1 aromatic heterocycles. The lowest BCUT2D eigenvalue weighted by molar-refractivity contribution is 0.0696. The number of halogens is 2. The maximum absolute atomic E-state index is 12.9. The molecular formula is C12H8FIN2O2. The van der Waals surface area contributed by atoms with Gasteiger partial charge in [0.15, 0.2) is 0 Å². The van der Waals surface area contributed by atoms with E-state index in [-0.39, 0.29) is 11.4 Å². The monoisotopic (exact) mass is 358 g/mol. The van der Waals surface area contributed by atoms with Crippen LogP contribution in [-0.2, 0) is 0 Å². The van der Waals surface area contributed by atoms with Crippen LogP contribution in [0.1, 0.15) is 10.4 Å². The number of benzene rings is 1. The molecule has 0 bridgehead atoms. The number of rotatable bonds is 3. The van der Waals surface area contributed by atoms with Crippen LogP contribution in [0.4, 0.5) is 15.9 Å². The highest BCUT2D eigenvalue weighted by Gasteiger charge is 2.05. The first-order valence-electron chi connectivity index (χ1n) is 4.97. The molecule has 0 fully saturated rings. The molecule has 1 heterocycles. The molecule has 0 spiro atoms. The molecular weight excluding hydrogens is 350 g/mol. The van der Waals surface area contributed by atoms with Crippen LogP contribution in [0.3, 0.4) is 0 Å². The van der Waals surface area contributed by atoms with Gasteiger partial charge in [-0.2, -0.15) is 0 Å². The summed E-state index contributed by atoms with van der Waals surface area (Å²) < 4.78 is 13.6. The molecule has 0 aliphatic heterocycles. The van der Waals surface area contributed by atoms with Gasteiger partial charge < -0.3 is 10.4 Å². The Kier molecular flexibility index (Phi) is 3.75. The summed E-state index contributed by atoms with van der Waals surface area (Å²) in [6.45, 7) is 0. The van der Waals surface area contributed by atoms with Crippen molar-refractivity contribution in [1.29, 1.82) is 0 Å². The minimum Gasteiger partial charge on any atom is -0.478 e. The van der Waals surface area contributed by atoms with E-state index in [9.17, 15) is 9.18 Å². The quantitative estimate of drug-likeness (QED) is 0.827. The number of carboxylic acid groups (broad SMARTS) is 1. The number of hydrogen-bond donors (Lipinski definition) is 2. The van der Waals surface area contributed by atoms with E-state index in [4.69, 9.17) is 5.11 Å². The minimum absolute atomic E-state index is 0.120. The van der Waals surface area contributed by atoms with Crippen molar-refractivity contribution in [2.75, 3.05) is 5.32 Å². The zero-order chi connectivity index (χ0) is 13.1. The standard InChI is InChI=1S/C12H8FIN2O2/c13-8-2-3-10(9(14)5-8)16-11-4-1-7(6-15-11)12(17)18/h1-6H,(H,15,16)(H,17,18). The van der Waals surface area contributed by atoms with Crippen LogP contribution in [0.15, 0.2) is 36.5 Å². The molecule has 0 atom stereocenters. The van der Waals surface area contributed by atoms with E-state index in [1.54, 1.807) is 12.1 Å². The topological polar surface area (TPSA) is 62.2 Å². The lowest BCUT2D eigenvalue weighted by Crippen LogP contribution is -2.00. The van der Waals surface area contributed by atoms with E-state index in [2.05, 4.69) is 10.3 Å². The number of nitrogens with zero attached hydrogens (tertiary/aromatic N) is 1. The Morgan fingerprint density at radius 1 is 1.33 bits per heavy atom. The highest BCUT2D eigenvalue weighted by atomic mass is 127. The zero-order valence-electron chi connectivity index (χ0n) is 9.02. The smallest absolute Gasteiger partial charge is 0.337 e. The summed E-state index contributed by atoms with van der Waals surface area (Å²) in [5.74, 6) is -0.825. The molecule has 4 nitrogen and oxygen atoms in total. The Hall–Kier alpha value is -1.70. The largest absolute Gasteiger partial charge is 0.478 e. The summed E-state index contributed by atoms with van der Waals surface area (Å²) in [7, 11) is 0. The van der Waals surface area contributed by atoms with Gasteiger partial charge in [0.2, 0.25) is 0 Å². The van der Waals surface area contributed by atoms with Crippen molar-refractivity contribution in [2.24, 2.45) is 0 Å². The van der Waals surface area contributed by atoms with Crippen LogP contribution in [-0.4, -0.2) is 16.1 Å². The summed E-state index contributed by atoms with van der Waals surface area (Å²) in [4.78, 5) is 14.6. The molecule has 0 unspecified atom stereocenters. The van der Waals surface area contributed by atoms with E-state index in [1.807, 2.05) is 22.6 Å². The third-order valence-electron chi connectivity index (χ3n) is 2.20. The van der Waals surface area contributed by atoms with Crippen molar-refractivity contribution >= 4 is 40.1 Å². The highest BCUT2D eigenvalue weighted by molar-refractivity contribution is 14.1. The first kappa shape index (κ1) is 12.7. The van der Waals surface area contributed by atoms with Gasteiger partial charge in [-0.25, -0.2) is 14.2 Å². The first-order chi connectivity index (χ1) is 8.56. The van der Waals surface area contributed by atoms with Crippen molar-refractivity contribution in [3.63, 3.8) is 0 Å². The van der Waals surface area contributed by atoms with Gasteiger partial charge in [0, 0.05) is 9.77 Å². The number of pyridine rings is 1. The number of nitrogens with one attached hydrogen (secondary N) is 1. The summed E-state index contributed by atoms with van der Waals surface area (Å²) >= 11 is 2.01. The maximum atomic E-state index is 12.9. The number of carboxylic acids is 1. The Balaban J connectivity index is 2.21. The second kappa shape index (κ2) is 5.30. The van der Waals surface area contributed by atoms with Gasteiger partial charge in [-0.05, 0) is 52.9 Å². The summed E-state index contributed by atoms with van der Waals surface area (Å²) in [6.07, 6.45) is 1.26. The van der Waals surface area contributed by atoms with Crippen LogP contribution in [0.2, 0.25) is 0 Å². The summed E-state index contributed by atoms with van der Waals surface area (Å²) in [5, 5.41) is 11.7. The minimum atomic E-state index is -1.02. The molecule has 6 heteroatoms. The molecule has 0 saturated carbocycles. The Labute approximate surface area is 116 Å². The van der Waals surface area contributed by atoms with Crippen LogP contribution in [0, 0.1) is 9.39 Å². The van der Waals surface area contributed by atoms with Gasteiger partial charge in [0.05, 0.1) is 11.3 Å². The first-order valence-corrected chi connectivity index (χ1v) is 6.05. The van der Waals surface area contributed by atoms with Gasteiger partial charge in [-0.3, -0.25) is 0 Å².